The number of nitriles is 1. The van der Waals surface area contributed by atoms with Crippen molar-refractivity contribution in [1.82, 2.24) is 5.32 Å². The average molecular weight is 346 g/mol. The summed E-state index contributed by atoms with van der Waals surface area (Å²) in [4.78, 5) is 15.2. The van der Waals surface area contributed by atoms with Crippen LogP contribution in [0.3, 0.4) is 0 Å². The number of amides is 1. The Bertz CT molecular complexity index is 677. The summed E-state index contributed by atoms with van der Waals surface area (Å²) < 4.78 is 11.4. The molecule has 4 rings (SSSR count). The molecule has 1 aromatic heterocycles. The molecule has 0 radical (unpaired) electrons. The first-order valence-corrected chi connectivity index (χ1v) is 9.44. The summed E-state index contributed by atoms with van der Waals surface area (Å²) in [5.41, 5.74) is -0.768. The lowest BCUT2D eigenvalue weighted by molar-refractivity contribution is -0.183. The number of nitrogens with one attached hydrogen (secondary N) is 1. The zero-order valence-electron chi connectivity index (χ0n) is 13.8. The molecule has 6 heteroatoms. The monoisotopic (exact) mass is 346 g/mol. The molecule has 1 amide bonds. The molecule has 0 aromatic carbocycles. The van der Waals surface area contributed by atoms with Gasteiger partial charge in [0.25, 0.3) is 0 Å². The van der Waals surface area contributed by atoms with E-state index >= 15 is 0 Å². The highest BCUT2D eigenvalue weighted by atomic mass is 32.1. The fourth-order valence-electron chi connectivity index (χ4n) is 3.89. The second kappa shape index (κ2) is 5.83. The van der Waals surface area contributed by atoms with Crippen molar-refractivity contribution in [1.29, 1.82) is 5.26 Å². The van der Waals surface area contributed by atoms with E-state index in [9.17, 15) is 10.1 Å². The quantitative estimate of drug-likeness (QED) is 0.913. The van der Waals surface area contributed by atoms with Gasteiger partial charge in [0.15, 0.2) is 5.79 Å². The van der Waals surface area contributed by atoms with Gasteiger partial charge >= 0.3 is 0 Å². The Morgan fingerprint density at radius 1 is 1.29 bits per heavy atom. The molecule has 0 unspecified atom stereocenters. The lowest BCUT2D eigenvalue weighted by Gasteiger charge is -2.40. The van der Waals surface area contributed by atoms with Crippen LogP contribution >= 0.6 is 11.3 Å². The summed E-state index contributed by atoms with van der Waals surface area (Å²) in [5, 5.41) is 12.7. The van der Waals surface area contributed by atoms with Crippen LogP contribution in [0, 0.1) is 24.2 Å². The van der Waals surface area contributed by atoms with Crippen molar-refractivity contribution < 1.29 is 14.3 Å². The van der Waals surface area contributed by atoms with Crippen LogP contribution in [0.2, 0.25) is 0 Å². The fourth-order valence-corrected chi connectivity index (χ4v) is 4.94. The maximum absolute atomic E-state index is 12.6. The van der Waals surface area contributed by atoms with E-state index in [2.05, 4.69) is 30.4 Å². The molecule has 128 valence electrons. The van der Waals surface area contributed by atoms with E-state index in [0.717, 1.165) is 6.42 Å². The molecular formula is C18H22N2O3S. The van der Waals surface area contributed by atoms with Crippen LogP contribution < -0.4 is 5.32 Å². The third-order valence-electron chi connectivity index (χ3n) is 5.51. The van der Waals surface area contributed by atoms with Crippen LogP contribution in [0.5, 0.6) is 0 Å². The van der Waals surface area contributed by atoms with Gasteiger partial charge in [-0.05, 0) is 38.3 Å². The number of thiophene rings is 1. The first-order chi connectivity index (χ1) is 11.5. The molecular weight excluding hydrogens is 324 g/mol. The molecule has 2 heterocycles. The lowest BCUT2D eigenvalue weighted by atomic mass is 9.79. The van der Waals surface area contributed by atoms with Gasteiger partial charge in [-0.15, -0.1) is 11.3 Å². The molecule has 1 N–H and O–H groups in total. The Hall–Kier alpha value is -1.42. The predicted octanol–water partition coefficient (Wildman–Crippen LogP) is 2.86. The number of nitrogens with zero attached hydrogens (tertiary/aromatic N) is 1. The lowest BCUT2D eigenvalue weighted by Crippen LogP contribution is -2.53. The molecule has 24 heavy (non-hydrogen) atoms. The summed E-state index contributed by atoms with van der Waals surface area (Å²) in [5.74, 6) is -0.141. The normalized spacial score (nSPS) is 30.0. The van der Waals surface area contributed by atoms with Crippen molar-refractivity contribution in [2.24, 2.45) is 5.92 Å². The van der Waals surface area contributed by atoms with E-state index in [-0.39, 0.29) is 11.8 Å². The van der Waals surface area contributed by atoms with E-state index in [4.69, 9.17) is 9.47 Å². The summed E-state index contributed by atoms with van der Waals surface area (Å²) in [6.07, 6.45) is 3.40. The number of hydrogen-bond acceptors (Lipinski definition) is 5. The molecule has 2 saturated carbocycles. The van der Waals surface area contributed by atoms with Crippen molar-refractivity contribution in [3.63, 3.8) is 0 Å². The van der Waals surface area contributed by atoms with E-state index in [1.165, 1.54) is 9.75 Å². The highest BCUT2D eigenvalue weighted by Crippen LogP contribution is 2.50. The van der Waals surface area contributed by atoms with E-state index in [1.807, 2.05) is 0 Å². The summed E-state index contributed by atoms with van der Waals surface area (Å²) in [6, 6.07) is 6.58. The minimum atomic E-state index is -0.768. The van der Waals surface area contributed by atoms with E-state index in [1.54, 1.807) is 11.3 Å². The molecule has 1 saturated heterocycles. The molecule has 0 bridgehead atoms. The summed E-state index contributed by atoms with van der Waals surface area (Å²) in [7, 11) is 0. The minimum Gasteiger partial charge on any atom is -0.348 e. The van der Waals surface area contributed by atoms with E-state index < -0.39 is 11.3 Å². The number of ether oxygens (including phenoxy) is 2. The van der Waals surface area contributed by atoms with Crippen molar-refractivity contribution in [2.45, 2.75) is 56.3 Å². The van der Waals surface area contributed by atoms with Crippen molar-refractivity contribution >= 4 is 17.2 Å². The Labute approximate surface area is 145 Å². The van der Waals surface area contributed by atoms with Crippen LogP contribution in [0.1, 0.15) is 47.8 Å². The van der Waals surface area contributed by atoms with Crippen molar-refractivity contribution in [3.8, 4) is 6.07 Å². The zero-order valence-corrected chi connectivity index (χ0v) is 14.7. The Morgan fingerprint density at radius 2 is 2.00 bits per heavy atom. The summed E-state index contributed by atoms with van der Waals surface area (Å²) >= 11 is 1.76. The molecule has 1 aliphatic heterocycles. The SMILES string of the molecule is Cc1ccc([C@H]2C[C@@H]2C(=O)NC2(C#N)CCC3(CC2)OCCO3)s1. The van der Waals surface area contributed by atoms with Crippen molar-refractivity contribution in [2.75, 3.05) is 13.2 Å². The number of carbonyl (C=O) groups is 1. The van der Waals surface area contributed by atoms with Gasteiger partial charge in [0, 0.05) is 34.4 Å². The average Bonchev–Trinajstić information content (AvgIpc) is 3.07. The molecule has 1 spiro atoms. The van der Waals surface area contributed by atoms with Gasteiger partial charge in [-0.3, -0.25) is 4.79 Å². The van der Waals surface area contributed by atoms with E-state index in [0.29, 0.717) is 44.8 Å². The minimum absolute atomic E-state index is 0.0168. The molecule has 1 aromatic rings. The van der Waals surface area contributed by atoms with Gasteiger partial charge in [0.05, 0.1) is 19.3 Å². The number of carbonyl (C=O) groups excluding carboxylic acids is 1. The van der Waals surface area contributed by atoms with Crippen LogP contribution in [0.4, 0.5) is 0 Å². The second-order valence-electron chi connectivity index (χ2n) is 7.19. The number of hydrogen-bond donors (Lipinski definition) is 1. The molecule has 5 nitrogen and oxygen atoms in total. The van der Waals surface area contributed by atoms with Gasteiger partial charge in [0.1, 0.15) is 5.54 Å². The maximum Gasteiger partial charge on any atom is 0.225 e. The highest BCUT2D eigenvalue weighted by molar-refractivity contribution is 7.12. The second-order valence-corrected chi connectivity index (χ2v) is 8.51. The van der Waals surface area contributed by atoms with Crippen LogP contribution in [-0.2, 0) is 14.3 Å². The smallest absolute Gasteiger partial charge is 0.225 e. The van der Waals surface area contributed by atoms with Crippen LogP contribution in [0.15, 0.2) is 12.1 Å². The number of rotatable bonds is 3. The standard InChI is InChI=1S/C18H22N2O3S/c1-12-2-3-15(24-12)13-10-14(13)16(21)20-17(11-19)4-6-18(7-5-17)22-8-9-23-18/h2-3,13-14H,4-10H2,1H3,(H,20,21)/t13-,14-/m0/s1. The van der Waals surface area contributed by atoms with Gasteiger partial charge in [-0.25, -0.2) is 0 Å². The van der Waals surface area contributed by atoms with Gasteiger partial charge in [0.2, 0.25) is 5.91 Å². The highest BCUT2D eigenvalue weighted by Gasteiger charge is 2.50. The van der Waals surface area contributed by atoms with Crippen LogP contribution in [0.25, 0.3) is 0 Å². The van der Waals surface area contributed by atoms with Gasteiger partial charge in [-0.2, -0.15) is 5.26 Å². The first kappa shape index (κ1) is 16.1. The Morgan fingerprint density at radius 3 is 2.58 bits per heavy atom. The number of aryl methyl sites for hydroxylation is 1. The van der Waals surface area contributed by atoms with Crippen molar-refractivity contribution in [3.05, 3.63) is 21.9 Å². The van der Waals surface area contributed by atoms with Crippen LogP contribution in [-0.4, -0.2) is 30.4 Å². The van der Waals surface area contributed by atoms with Gasteiger partial charge < -0.3 is 14.8 Å². The largest absolute Gasteiger partial charge is 0.348 e. The third kappa shape index (κ3) is 2.85. The molecule has 3 fully saturated rings. The Balaban J connectivity index is 1.37. The molecule has 3 aliphatic rings. The Kier molecular flexibility index (Phi) is 3.91. The third-order valence-corrected chi connectivity index (χ3v) is 6.64. The topological polar surface area (TPSA) is 71.4 Å². The first-order valence-electron chi connectivity index (χ1n) is 8.62. The maximum atomic E-state index is 12.6. The fraction of sp³-hybridized carbons (Fsp3) is 0.667. The summed E-state index contributed by atoms with van der Waals surface area (Å²) in [6.45, 7) is 3.33. The van der Waals surface area contributed by atoms with Gasteiger partial charge in [-0.1, -0.05) is 0 Å². The zero-order chi connectivity index (χ0) is 16.8. The molecule has 2 aliphatic carbocycles. The predicted molar refractivity (Wildman–Crippen MR) is 89.5 cm³/mol. The molecule has 2 atom stereocenters.